The van der Waals surface area contributed by atoms with Crippen molar-refractivity contribution < 1.29 is 51.3 Å². The lowest BCUT2D eigenvalue weighted by Crippen LogP contribution is -2.21. The molecule has 1 heterocycles. The van der Waals surface area contributed by atoms with Gasteiger partial charge in [0.2, 0.25) is 0 Å². The van der Waals surface area contributed by atoms with Gasteiger partial charge in [-0.05, 0) is 42.2 Å². The van der Waals surface area contributed by atoms with E-state index in [1.165, 1.54) is 5.56 Å². The van der Waals surface area contributed by atoms with E-state index in [0.29, 0.717) is 11.4 Å². The van der Waals surface area contributed by atoms with Crippen LogP contribution in [0.1, 0.15) is 48.2 Å². The van der Waals surface area contributed by atoms with Crippen LogP contribution in [-0.2, 0) is 9.59 Å². The molecule has 0 saturated heterocycles. The minimum atomic E-state index is -5.08. The standard InChI is InChI=1S/C26H26N2O.2C2HF3O2/c1-17(2)19-11-13-20(14-12-19)24(28-22-7-5-4-6-8-22)23-16-15-21-10-9-18(3)27-25(21)26(23)29;2*3-2(4,5)1(6)7/h4-17,24,28-29H,1-3H3;2*(H,6,7). The van der Waals surface area contributed by atoms with Crippen molar-refractivity contribution in [2.45, 2.75) is 45.1 Å². The van der Waals surface area contributed by atoms with E-state index in [0.717, 1.165) is 27.9 Å². The highest BCUT2D eigenvalue weighted by molar-refractivity contribution is 5.86. The highest BCUT2D eigenvalue weighted by Gasteiger charge is 2.38. The van der Waals surface area contributed by atoms with Crippen molar-refractivity contribution >= 4 is 28.5 Å². The van der Waals surface area contributed by atoms with Gasteiger partial charge in [-0.25, -0.2) is 14.6 Å². The number of halogens is 6. The lowest BCUT2D eigenvalue weighted by molar-refractivity contribution is -0.193. The first-order valence-corrected chi connectivity index (χ1v) is 12.5. The van der Waals surface area contributed by atoms with Crippen molar-refractivity contribution in [2.24, 2.45) is 0 Å². The fraction of sp³-hybridized carbons (Fsp3) is 0.233. The van der Waals surface area contributed by atoms with E-state index in [9.17, 15) is 31.4 Å². The van der Waals surface area contributed by atoms with Crippen LogP contribution in [0, 0.1) is 6.92 Å². The third-order valence-corrected chi connectivity index (χ3v) is 5.82. The van der Waals surface area contributed by atoms with E-state index in [2.05, 4.69) is 48.4 Å². The molecule has 4 N–H and O–H groups in total. The van der Waals surface area contributed by atoms with Crippen LogP contribution in [0.25, 0.3) is 10.9 Å². The number of alkyl halides is 6. The number of aryl methyl sites for hydroxylation is 1. The normalized spacial score (nSPS) is 12.0. The topological polar surface area (TPSA) is 120 Å². The SMILES string of the molecule is Cc1ccc2ccc(C(Nc3ccccc3)c3ccc(C(C)C)cc3)c(O)c2n1.O=C(O)C(F)(F)F.O=C(O)C(F)(F)F. The number of aromatic nitrogens is 1. The smallest absolute Gasteiger partial charge is 0.490 e. The van der Waals surface area contributed by atoms with Crippen LogP contribution in [0.2, 0.25) is 0 Å². The quantitative estimate of drug-likeness (QED) is 0.170. The highest BCUT2D eigenvalue weighted by Crippen LogP contribution is 2.37. The van der Waals surface area contributed by atoms with Crippen molar-refractivity contribution in [1.29, 1.82) is 0 Å². The summed E-state index contributed by atoms with van der Waals surface area (Å²) >= 11 is 0. The van der Waals surface area contributed by atoms with E-state index >= 15 is 0 Å². The molecule has 0 fully saturated rings. The molecule has 4 rings (SSSR count). The molecule has 1 atom stereocenters. The summed E-state index contributed by atoms with van der Waals surface area (Å²) in [7, 11) is 0. The van der Waals surface area contributed by atoms with Gasteiger partial charge in [-0.2, -0.15) is 26.3 Å². The number of anilines is 1. The molecule has 0 amide bonds. The van der Waals surface area contributed by atoms with Crippen LogP contribution >= 0.6 is 0 Å². The molecule has 0 radical (unpaired) electrons. The number of pyridine rings is 1. The molecular weight excluding hydrogens is 582 g/mol. The van der Waals surface area contributed by atoms with Gasteiger partial charge in [0.05, 0.1) is 6.04 Å². The van der Waals surface area contributed by atoms with Crippen LogP contribution in [-0.4, -0.2) is 44.6 Å². The average Bonchev–Trinajstić information content (AvgIpc) is 2.93. The van der Waals surface area contributed by atoms with Gasteiger partial charge in [-0.15, -0.1) is 0 Å². The van der Waals surface area contributed by atoms with Gasteiger partial charge in [-0.3, -0.25) is 0 Å². The lowest BCUT2D eigenvalue weighted by atomic mass is 9.93. The number of aliphatic carboxylic acids is 2. The molecule has 0 aliphatic heterocycles. The van der Waals surface area contributed by atoms with E-state index in [-0.39, 0.29) is 11.8 Å². The number of carboxylic acid groups (broad SMARTS) is 2. The summed E-state index contributed by atoms with van der Waals surface area (Å²) in [5.74, 6) is -4.81. The van der Waals surface area contributed by atoms with Crippen molar-refractivity contribution in [3.8, 4) is 5.75 Å². The molecule has 0 spiro atoms. The Morgan fingerprint density at radius 1 is 0.744 bits per heavy atom. The summed E-state index contributed by atoms with van der Waals surface area (Å²) in [6.45, 7) is 6.33. The zero-order valence-electron chi connectivity index (χ0n) is 23.0. The molecule has 43 heavy (non-hydrogen) atoms. The van der Waals surface area contributed by atoms with Crippen LogP contribution in [0.4, 0.5) is 32.0 Å². The number of rotatable bonds is 5. The van der Waals surface area contributed by atoms with E-state index < -0.39 is 24.3 Å². The first kappa shape index (κ1) is 34.4. The number of nitrogens with one attached hydrogen (secondary N) is 1. The Labute approximate surface area is 242 Å². The fourth-order valence-corrected chi connectivity index (χ4v) is 3.63. The van der Waals surface area contributed by atoms with Crippen LogP contribution in [0.15, 0.2) is 78.9 Å². The van der Waals surface area contributed by atoms with Gasteiger partial charge in [-0.1, -0.05) is 74.5 Å². The Morgan fingerprint density at radius 3 is 1.67 bits per heavy atom. The predicted molar refractivity (Wildman–Crippen MR) is 148 cm³/mol. The summed E-state index contributed by atoms with van der Waals surface area (Å²) in [6.07, 6.45) is -10.2. The zero-order valence-corrected chi connectivity index (χ0v) is 23.0. The summed E-state index contributed by atoms with van der Waals surface area (Å²) in [6, 6.07) is 26.5. The van der Waals surface area contributed by atoms with E-state index in [4.69, 9.17) is 19.8 Å². The van der Waals surface area contributed by atoms with Crippen molar-refractivity contribution in [3.63, 3.8) is 0 Å². The third-order valence-electron chi connectivity index (χ3n) is 5.82. The minimum absolute atomic E-state index is 0.190. The Kier molecular flexibility index (Phi) is 11.5. The Balaban J connectivity index is 0.000000384. The number of carbonyl (C=O) groups is 2. The molecule has 230 valence electrons. The Hall–Kier alpha value is -4.81. The first-order chi connectivity index (χ1) is 19.9. The number of benzene rings is 3. The zero-order chi connectivity index (χ0) is 32.5. The highest BCUT2D eigenvalue weighted by atomic mass is 19.4. The van der Waals surface area contributed by atoms with Crippen LogP contribution < -0.4 is 5.32 Å². The van der Waals surface area contributed by atoms with Gasteiger partial charge in [0.15, 0.2) is 0 Å². The van der Waals surface area contributed by atoms with Gasteiger partial charge >= 0.3 is 24.3 Å². The van der Waals surface area contributed by atoms with Crippen LogP contribution in [0.5, 0.6) is 5.75 Å². The van der Waals surface area contributed by atoms with Crippen molar-refractivity contribution in [2.75, 3.05) is 5.32 Å². The van der Waals surface area contributed by atoms with Crippen molar-refractivity contribution in [3.05, 3.63) is 101 Å². The maximum absolute atomic E-state index is 11.1. The molecule has 4 aromatic rings. The van der Waals surface area contributed by atoms with Gasteiger partial charge in [0.1, 0.15) is 11.3 Å². The molecule has 0 saturated carbocycles. The molecule has 0 bridgehead atoms. The number of para-hydroxylation sites is 1. The monoisotopic (exact) mass is 610 g/mol. The second kappa shape index (κ2) is 14.4. The number of phenols is 1. The molecule has 0 aliphatic rings. The third kappa shape index (κ3) is 10.2. The molecule has 13 heteroatoms. The van der Waals surface area contributed by atoms with Crippen molar-refractivity contribution in [1.82, 2.24) is 4.98 Å². The Bertz CT molecular complexity index is 1500. The van der Waals surface area contributed by atoms with Crippen LogP contribution in [0.3, 0.4) is 0 Å². The summed E-state index contributed by atoms with van der Waals surface area (Å²) in [5.41, 5.74) is 5.74. The van der Waals surface area contributed by atoms with E-state index in [1.54, 1.807) is 0 Å². The lowest BCUT2D eigenvalue weighted by Gasteiger charge is -2.23. The molecular formula is C30H28F6N2O5. The first-order valence-electron chi connectivity index (χ1n) is 12.5. The number of hydrogen-bond acceptors (Lipinski definition) is 5. The van der Waals surface area contributed by atoms with Gasteiger partial charge < -0.3 is 20.6 Å². The van der Waals surface area contributed by atoms with Gasteiger partial charge in [0.25, 0.3) is 0 Å². The maximum atomic E-state index is 11.1. The molecule has 1 unspecified atom stereocenters. The number of carboxylic acids is 2. The number of aromatic hydroxyl groups is 1. The minimum Gasteiger partial charge on any atom is -0.505 e. The largest absolute Gasteiger partial charge is 0.505 e. The molecule has 1 aromatic heterocycles. The number of nitrogens with zero attached hydrogens (tertiary/aromatic N) is 1. The number of fused-ring (bicyclic) bond motifs is 1. The summed E-state index contributed by atoms with van der Waals surface area (Å²) in [4.78, 5) is 22.4. The summed E-state index contributed by atoms with van der Waals surface area (Å²) < 4.78 is 63.5. The second-order valence-corrected chi connectivity index (χ2v) is 9.40. The Morgan fingerprint density at radius 2 is 1.21 bits per heavy atom. The molecule has 0 aliphatic carbocycles. The van der Waals surface area contributed by atoms with Gasteiger partial charge in [0, 0.05) is 22.3 Å². The maximum Gasteiger partial charge on any atom is 0.490 e. The van der Waals surface area contributed by atoms with E-state index in [1.807, 2.05) is 61.5 Å². The summed E-state index contributed by atoms with van der Waals surface area (Å²) in [5, 5.41) is 29.9. The second-order valence-electron chi connectivity index (χ2n) is 9.40. The predicted octanol–water partition coefficient (Wildman–Crippen LogP) is 7.84. The average molecular weight is 611 g/mol. The fourth-order valence-electron chi connectivity index (χ4n) is 3.63. The number of phenolic OH excluding ortho intramolecular Hbond substituents is 1. The molecule has 3 aromatic carbocycles. The number of hydrogen-bond donors (Lipinski definition) is 4. The molecule has 7 nitrogen and oxygen atoms in total.